The average molecular weight is 515 g/mol. The molecule has 6 nitrogen and oxygen atoms in total. The van der Waals surface area contributed by atoms with Crippen molar-refractivity contribution in [2.45, 2.75) is 95.9 Å². The van der Waals surface area contributed by atoms with Crippen molar-refractivity contribution in [3.05, 3.63) is 71.8 Å². The molecule has 0 unspecified atom stereocenters. The molecule has 4 atom stereocenters. The SMILES string of the molecule is CC1(C)O[C@H]2O[C@@](COCc3ccccc3)(CO[Si](C)(C)C(C)(C)C)[C@@H](OCc3ccccc3)[C@H]2O1. The lowest BCUT2D eigenvalue weighted by Crippen LogP contribution is -2.56. The number of fused-ring (bicyclic) bond motifs is 1. The van der Waals surface area contributed by atoms with Crippen LogP contribution in [0.2, 0.25) is 18.1 Å². The zero-order chi connectivity index (χ0) is 26.0. The molecule has 198 valence electrons. The van der Waals surface area contributed by atoms with E-state index in [0.29, 0.717) is 26.4 Å². The van der Waals surface area contributed by atoms with Gasteiger partial charge in [0.1, 0.15) is 17.8 Å². The molecular formula is C29H42O6Si. The van der Waals surface area contributed by atoms with Crippen LogP contribution in [0, 0.1) is 0 Å². The fourth-order valence-electron chi connectivity index (χ4n) is 4.37. The highest BCUT2D eigenvalue weighted by Crippen LogP contribution is 2.46. The van der Waals surface area contributed by atoms with Gasteiger partial charge in [0.15, 0.2) is 20.4 Å². The van der Waals surface area contributed by atoms with Crippen molar-refractivity contribution in [1.29, 1.82) is 0 Å². The number of hydrogen-bond donors (Lipinski definition) is 0. The lowest BCUT2D eigenvalue weighted by molar-refractivity contribution is -0.260. The number of hydrogen-bond acceptors (Lipinski definition) is 6. The minimum Gasteiger partial charge on any atom is -0.414 e. The van der Waals surface area contributed by atoms with Gasteiger partial charge in [-0.2, -0.15) is 0 Å². The van der Waals surface area contributed by atoms with Crippen molar-refractivity contribution in [3.8, 4) is 0 Å². The molecule has 0 spiro atoms. The maximum atomic E-state index is 6.73. The molecule has 2 aliphatic heterocycles. The van der Waals surface area contributed by atoms with Gasteiger partial charge in [-0.1, -0.05) is 81.4 Å². The highest BCUT2D eigenvalue weighted by molar-refractivity contribution is 6.74. The third-order valence-electron chi connectivity index (χ3n) is 7.47. The van der Waals surface area contributed by atoms with Crippen molar-refractivity contribution in [2.24, 2.45) is 0 Å². The van der Waals surface area contributed by atoms with Gasteiger partial charge in [0.05, 0.1) is 26.4 Å². The Hall–Kier alpha value is -1.58. The molecule has 2 aromatic carbocycles. The van der Waals surface area contributed by atoms with E-state index in [0.717, 1.165) is 11.1 Å². The lowest BCUT2D eigenvalue weighted by atomic mass is 9.96. The summed E-state index contributed by atoms with van der Waals surface area (Å²) in [4.78, 5) is 0. The summed E-state index contributed by atoms with van der Waals surface area (Å²) in [5.74, 6) is -0.749. The summed E-state index contributed by atoms with van der Waals surface area (Å²) < 4.78 is 38.7. The minimum absolute atomic E-state index is 0.0585. The first kappa shape index (κ1) is 27.5. The van der Waals surface area contributed by atoms with Crippen LogP contribution in [-0.4, -0.2) is 51.4 Å². The lowest BCUT2D eigenvalue weighted by Gasteiger charge is -2.42. The monoisotopic (exact) mass is 514 g/mol. The van der Waals surface area contributed by atoms with Gasteiger partial charge in [-0.05, 0) is 43.1 Å². The van der Waals surface area contributed by atoms with Crippen LogP contribution in [-0.2, 0) is 41.3 Å². The minimum atomic E-state index is -2.08. The number of benzene rings is 2. The Balaban J connectivity index is 1.59. The van der Waals surface area contributed by atoms with E-state index in [1.807, 2.05) is 50.2 Å². The summed E-state index contributed by atoms with van der Waals surface area (Å²) >= 11 is 0. The first-order chi connectivity index (χ1) is 16.9. The van der Waals surface area contributed by atoms with E-state index < -0.39 is 32.1 Å². The summed E-state index contributed by atoms with van der Waals surface area (Å²) in [5.41, 5.74) is 1.32. The molecule has 2 saturated heterocycles. The van der Waals surface area contributed by atoms with Gasteiger partial charge >= 0.3 is 0 Å². The van der Waals surface area contributed by atoms with E-state index in [2.05, 4.69) is 58.1 Å². The fraction of sp³-hybridized carbons (Fsp3) is 0.586. The predicted octanol–water partition coefficient (Wildman–Crippen LogP) is 6.06. The summed E-state index contributed by atoms with van der Waals surface area (Å²) in [6.07, 6.45) is -1.36. The number of rotatable bonds is 10. The molecule has 2 aliphatic rings. The molecule has 0 aromatic heterocycles. The second kappa shape index (κ2) is 10.7. The van der Waals surface area contributed by atoms with Crippen LogP contribution < -0.4 is 0 Å². The number of ether oxygens (including phenoxy) is 5. The van der Waals surface area contributed by atoms with Crippen LogP contribution in [0.1, 0.15) is 45.7 Å². The van der Waals surface area contributed by atoms with E-state index in [-0.39, 0.29) is 11.1 Å². The maximum absolute atomic E-state index is 6.73. The molecule has 4 rings (SSSR count). The first-order valence-corrected chi connectivity index (χ1v) is 15.8. The van der Waals surface area contributed by atoms with Crippen LogP contribution in [0.4, 0.5) is 0 Å². The molecule has 0 N–H and O–H groups in total. The Morgan fingerprint density at radius 2 is 1.39 bits per heavy atom. The maximum Gasteiger partial charge on any atom is 0.192 e. The summed E-state index contributed by atoms with van der Waals surface area (Å²) in [5, 5.41) is 0.0585. The second-order valence-corrected chi connectivity index (χ2v) is 16.7. The molecule has 7 heteroatoms. The highest BCUT2D eigenvalue weighted by Gasteiger charge is 2.63. The van der Waals surface area contributed by atoms with E-state index in [9.17, 15) is 0 Å². The van der Waals surface area contributed by atoms with E-state index in [1.54, 1.807) is 0 Å². The molecule has 2 heterocycles. The first-order valence-electron chi connectivity index (χ1n) is 12.9. The van der Waals surface area contributed by atoms with Crippen LogP contribution in [0.5, 0.6) is 0 Å². The van der Waals surface area contributed by atoms with E-state index in [1.165, 1.54) is 0 Å². The largest absolute Gasteiger partial charge is 0.414 e. The van der Waals surface area contributed by atoms with E-state index in [4.69, 9.17) is 28.1 Å². The van der Waals surface area contributed by atoms with Crippen molar-refractivity contribution in [3.63, 3.8) is 0 Å². The van der Waals surface area contributed by atoms with Crippen molar-refractivity contribution in [2.75, 3.05) is 13.2 Å². The van der Waals surface area contributed by atoms with Gasteiger partial charge in [-0.15, -0.1) is 0 Å². The smallest absolute Gasteiger partial charge is 0.192 e. The van der Waals surface area contributed by atoms with Gasteiger partial charge in [-0.3, -0.25) is 0 Å². The quantitative estimate of drug-likeness (QED) is 0.360. The van der Waals surface area contributed by atoms with E-state index >= 15 is 0 Å². The van der Waals surface area contributed by atoms with Crippen LogP contribution >= 0.6 is 0 Å². The van der Waals surface area contributed by atoms with Gasteiger partial charge in [-0.25, -0.2) is 0 Å². The Morgan fingerprint density at radius 1 is 0.806 bits per heavy atom. The predicted molar refractivity (Wildman–Crippen MR) is 142 cm³/mol. The molecule has 2 fully saturated rings. The third-order valence-corrected chi connectivity index (χ3v) is 11.9. The zero-order valence-electron chi connectivity index (χ0n) is 22.8. The molecule has 0 bridgehead atoms. The molecule has 0 saturated carbocycles. The highest BCUT2D eigenvalue weighted by atomic mass is 28.4. The summed E-state index contributed by atoms with van der Waals surface area (Å²) in [6.45, 7) is 16.6. The molecule has 0 aliphatic carbocycles. The van der Waals surface area contributed by atoms with Gasteiger partial charge in [0, 0.05) is 0 Å². The average Bonchev–Trinajstić information content (AvgIpc) is 3.25. The molecule has 2 aromatic rings. The van der Waals surface area contributed by atoms with Gasteiger partial charge in [0.2, 0.25) is 0 Å². The third kappa shape index (κ3) is 6.27. The Labute approximate surface area is 217 Å². The second-order valence-electron chi connectivity index (χ2n) is 11.9. The van der Waals surface area contributed by atoms with Crippen LogP contribution in [0.25, 0.3) is 0 Å². The standard InChI is InChI=1S/C29H42O6Si/c1-27(2,3)36(6,7)32-21-29(20-30-18-22-14-10-8-11-15-22)25(31-19-23-16-12-9-13-17-23)24-26(35-29)34-28(4,5)33-24/h8-17,24-26H,18-21H2,1-7H3/t24-,25+,26+,29+/m1/s1. The van der Waals surface area contributed by atoms with Crippen LogP contribution in [0.15, 0.2) is 60.7 Å². The molecular weight excluding hydrogens is 472 g/mol. The van der Waals surface area contributed by atoms with Gasteiger partial charge in [0.25, 0.3) is 0 Å². The Morgan fingerprint density at radius 3 is 1.97 bits per heavy atom. The fourth-order valence-corrected chi connectivity index (χ4v) is 5.41. The van der Waals surface area contributed by atoms with Crippen LogP contribution in [0.3, 0.4) is 0 Å². The Bertz CT molecular complexity index is 974. The topological polar surface area (TPSA) is 55.4 Å². The summed E-state index contributed by atoms with van der Waals surface area (Å²) in [7, 11) is -2.08. The van der Waals surface area contributed by atoms with Crippen molar-refractivity contribution >= 4 is 8.32 Å². The Kier molecular flexibility index (Phi) is 8.12. The normalized spacial score (nSPS) is 27.8. The van der Waals surface area contributed by atoms with Gasteiger partial charge < -0.3 is 28.1 Å². The summed E-state index contributed by atoms with van der Waals surface area (Å²) in [6, 6.07) is 20.3. The molecule has 36 heavy (non-hydrogen) atoms. The van der Waals surface area contributed by atoms with Crippen molar-refractivity contribution in [1.82, 2.24) is 0 Å². The molecule has 0 amide bonds. The zero-order valence-corrected chi connectivity index (χ0v) is 23.8. The molecule has 0 radical (unpaired) electrons. The van der Waals surface area contributed by atoms with Crippen molar-refractivity contribution < 1.29 is 28.1 Å².